The third-order valence-corrected chi connectivity index (χ3v) is 8.58. The molecule has 1 atom stereocenters. The van der Waals surface area contributed by atoms with Gasteiger partial charge < -0.3 is 5.32 Å². The maximum Gasteiger partial charge on any atom is 0.294 e. The van der Waals surface area contributed by atoms with Crippen LogP contribution in [-0.4, -0.2) is 30.6 Å². The van der Waals surface area contributed by atoms with Gasteiger partial charge in [-0.05, 0) is 42.1 Å². The molecule has 2 aromatic carbocycles. The van der Waals surface area contributed by atoms with E-state index in [4.69, 9.17) is 0 Å². The monoisotopic (exact) mass is 485 g/mol. The highest BCUT2D eigenvalue weighted by Gasteiger charge is 2.41. The third-order valence-electron chi connectivity index (χ3n) is 4.69. The first-order chi connectivity index (χ1) is 15.3. The summed E-state index contributed by atoms with van der Waals surface area (Å²) in [6, 6.07) is 19.1. The summed E-state index contributed by atoms with van der Waals surface area (Å²) in [5, 5.41) is 3.70. The predicted octanol–water partition coefficient (Wildman–Crippen LogP) is 4.28. The van der Waals surface area contributed by atoms with E-state index in [1.807, 2.05) is 25.1 Å². The molecule has 32 heavy (non-hydrogen) atoms. The van der Waals surface area contributed by atoms with Gasteiger partial charge in [0.2, 0.25) is 11.8 Å². The van der Waals surface area contributed by atoms with Crippen LogP contribution in [0, 0.1) is 6.92 Å². The molecule has 164 valence electrons. The van der Waals surface area contributed by atoms with E-state index < -0.39 is 15.3 Å². The summed E-state index contributed by atoms with van der Waals surface area (Å²) in [5.74, 6) is -0.721. The first-order valence-electron chi connectivity index (χ1n) is 9.65. The number of amidine groups is 1. The summed E-state index contributed by atoms with van der Waals surface area (Å²) in [4.78, 5) is 27.1. The lowest BCUT2D eigenvalue weighted by molar-refractivity contribution is -0.121. The molecule has 3 aromatic rings. The van der Waals surface area contributed by atoms with Gasteiger partial charge in [-0.15, -0.1) is 15.7 Å². The van der Waals surface area contributed by atoms with Gasteiger partial charge in [0.05, 0.1) is 5.69 Å². The molecule has 1 aliphatic heterocycles. The molecule has 4 rings (SSSR count). The van der Waals surface area contributed by atoms with Crippen LogP contribution in [0.5, 0.6) is 0 Å². The van der Waals surface area contributed by atoms with Gasteiger partial charge >= 0.3 is 0 Å². The number of para-hydroxylation sites is 2. The number of thioether (sulfide) groups is 1. The van der Waals surface area contributed by atoms with Crippen LogP contribution in [0.25, 0.3) is 0 Å². The minimum Gasteiger partial charge on any atom is -0.326 e. The van der Waals surface area contributed by atoms with Crippen molar-refractivity contribution in [3.8, 4) is 0 Å². The zero-order chi connectivity index (χ0) is 22.7. The number of anilines is 2. The van der Waals surface area contributed by atoms with Crippen molar-refractivity contribution in [1.29, 1.82) is 0 Å². The fraction of sp³-hybridized carbons (Fsp3) is 0.136. The molecule has 1 saturated heterocycles. The molecule has 1 aliphatic rings. The van der Waals surface area contributed by atoms with Crippen molar-refractivity contribution in [2.24, 2.45) is 4.40 Å². The number of hydrogen-bond donors (Lipinski definition) is 1. The number of aryl methyl sites for hydroxylation is 1. The number of nitrogens with zero attached hydrogens (tertiary/aromatic N) is 2. The largest absolute Gasteiger partial charge is 0.326 e. The van der Waals surface area contributed by atoms with Crippen LogP contribution in [0.4, 0.5) is 11.4 Å². The molecule has 1 unspecified atom stereocenters. The lowest BCUT2D eigenvalue weighted by atomic mass is 10.2. The van der Waals surface area contributed by atoms with E-state index in [0.717, 1.165) is 28.7 Å². The highest BCUT2D eigenvalue weighted by molar-refractivity contribution is 8.16. The highest BCUT2D eigenvalue weighted by Crippen LogP contribution is 2.35. The molecule has 0 saturated carbocycles. The van der Waals surface area contributed by atoms with E-state index in [1.165, 1.54) is 11.0 Å². The fourth-order valence-corrected chi connectivity index (χ4v) is 6.42. The number of amides is 2. The minimum atomic E-state index is -3.98. The Morgan fingerprint density at radius 2 is 1.78 bits per heavy atom. The molecule has 0 aliphatic carbocycles. The Kier molecular flexibility index (Phi) is 6.45. The van der Waals surface area contributed by atoms with Gasteiger partial charge in [-0.3, -0.25) is 14.5 Å². The molecular weight excluding hydrogens is 466 g/mol. The Morgan fingerprint density at radius 1 is 1.06 bits per heavy atom. The van der Waals surface area contributed by atoms with Crippen molar-refractivity contribution in [3.05, 3.63) is 77.7 Å². The van der Waals surface area contributed by atoms with Crippen LogP contribution in [0.2, 0.25) is 0 Å². The van der Waals surface area contributed by atoms with Crippen LogP contribution >= 0.6 is 23.1 Å². The van der Waals surface area contributed by atoms with Crippen molar-refractivity contribution in [2.45, 2.75) is 22.8 Å². The van der Waals surface area contributed by atoms with Crippen molar-refractivity contribution < 1.29 is 18.0 Å². The first-order valence-corrected chi connectivity index (χ1v) is 12.8. The number of nitrogens with one attached hydrogen (secondary N) is 1. The number of benzene rings is 2. The summed E-state index contributed by atoms with van der Waals surface area (Å²) >= 11 is 2.03. The van der Waals surface area contributed by atoms with Crippen molar-refractivity contribution in [2.75, 3.05) is 10.2 Å². The molecule has 2 amide bonds. The Bertz CT molecular complexity index is 1270. The van der Waals surface area contributed by atoms with Gasteiger partial charge in [-0.1, -0.05) is 54.2 Å². The van der Waals surface area contributed by atoms with E-state index in [9.17, 15) is 18.0 Å². The normalized spacial score (nSPS) is 17.7. The molecular formula is C22H19N3O4S3. The highest BCUT2D eigenvalue weighted by atomic mass is 32.2. The maximum absolute atomic E-state index is 13.2. The quantitative estimate of drug-likeness (QED) is 0.562. The first kappa shape index (κ1) is 22.3. The fourth-order valence-electron chi connectivity index (χ4n) is 3.12. The van der Waals surface area contributed by atoms with Crippen molar-refractivity contribution in [3.63, 3.8) is 0 Å². The smallest absolute Gasteiger partial charge is 0.294 e. The summed E-state index contributed by atoms with van der Waals surface area (Å²) in [6.45, 7) is 1.88. The van der Waals surface area contributed by atoms with Crippen LogP contribution in [-0.2, 0) is 19.6 Å². The van der Waals surface area contributed by atoms with Gasteiger partial charge in [0.15, 0.2) is 5.17 Å². The summed E-state index contributed by atoms with van der Waals surface area (Å²) in [5.41, 5.74) is 2.07. The number of carbonyl (C=O) groups excluding carboxylic acids is 2. The Hall–Kier alpha value is -2.95. The molecule has 2 heterocycles. The average molecular weight is 486 g/mol. The zero-order valence-electron chi connectivity index (χ0n) is 17.0. The van der Waals surface area contributed by atoms with E-state index in [0.29, 0.717) is 11.4 Å². The van der Waals surface area contributed by atoms with Crippen molar-refractivity contribution >= 4 is 61.5 Å². The van der Waals surface area contributed by atoms with Gasteiger partial charge in [0, 0.05) is 12.1 Å². The molecule has 1 aromatic heterocycles. The van der Waals surface area contributed by atoms with Crippen molar-refractivity contribution in [1.82, 2.24) is 0 Å². The summed E-state index contributed by atoms with van der Waals surface area (Å²) in [7, 11) is -3.98. The van der Waals surface area contributed by atoms with Gasteiger partial charge in [0.25, 0.3) is 10.0 Å². The molecule has 0 spiro atoms. The predicted molar refractivity (Wildman–Crippen MR) is 129 cm³/mol. The second-order valence-corrected chi connectivity index (χ2v) is 10.9. The number of carbonyl (C=O) groups is 2. The average Bonchev–Trinajstić information content (AvgIpc) is 3.40. The van der Waals surface area contributed by atoms with E-state index in [-0.39, 0.29) is 27.6 Å². The molecule has 0 bridgehead atoms. The Labute approximate surface area is 194 Å². The van der Waals surface area contributed by atoms with Crippen LogP contribution < -0.4 is 10.2 Å². The summed E-state index contributed by atoms with van der Waals surface area (Å²) in [6.07, 6.45) is -0.112. The number of rotatable bonds is 6. The van der Waals surface area contributed by atoms with Gasteiger partial charge in [-0.25, -0.2) is 0 Å². The SMILES string of the molecule is Cc1ccccc1NC(=O)CC1S/C(=N/S(=O)(=O)c2cccs2)N(c2ccccc2)C1=O. The molecule has 7 nitrogen and oxygen atoms in total. The van der Waals surface area contributed by atoms with E-state index in [1.54, 1.807) is 47.8 Å². The number of thiophene rings is 1. The molecule has 1 N–H and O–H groups in total. The third kappa shape index (κ3) is 4.77. The molecule has 10 heteroatoms. The van der Waals surface area contributed by atoms with Gasteiger partial charge in [0.1, 0.15) is 9.46 Å². The lowest BCUT2D eigenvalue weighted by Gasteiger charge is -2.16. The second-order valence-electron chi connectivity index (χ2n) is 6.96. The molecule has 0 radical (unpaired) electrons. The molecule has 1 fully saturated rings. The number of sulfonamides is 1. The number of hydrogen-bond acceptors (Lipinski definition) is 6. The Morgan fingerprint density at radius 3 is 2.47 bits per heavy atom. The minimum absolute atomic E-state index is 0.0308. The second kappa shape index (κ2) is 9.27. The van der Waals surface area contributed by atoms with Gasteiger partial charge in [-0.2, -0.15) is 8.42 Å². The summed E-state index contributed by atoms with van der Waals surface area (Å²) < 4.78 is 29.5. The van der Waals surface area contributed by atoms with E-state index >= 15 is 0 Å². The van der Waals surface area contributed by atoms with Crippen LogP contribution in [0.3, 0.4) is 0 Å². The van der Waals surface area contributed by atoms with Crippen LogP contribution in [0.1, 0.15) is 12.0 Å². The lowest BCUT2D eigenvalue weighted by Crippen LogP contribution is -2.33. The topological polar surface area (TPSA) is 95.9 Å². The van der Waals surface area contributed by atoms with Crippen LogP contribution in [0.15, 0.2) is 80.7 Å². The maximum atomic E-state index is 13.2. The standard InChI is InChI=1S/C22H19N3O4S3/c1-15-8-5-6-11-17(15)23-19(26)14-18-21(27)25(16-9-3-2-4-10-16)22(31-18)24-32(28,29)20-12-7-13-30-20/h2-13,18H,14H2,1H3,(H,23,26)/b24-22+. The zero-order valence-corrected chi connectivity index (χ0v) is 19.4. The Balaban J connectivity index is 1.62. The van der Waals surface area contributed by atoms with E-state index in [2.05, 4.69) is 9.71 Å².